The van der Waals surface area contributed by atoms with Crippen LogP contribution in [-0.2, 0) is 9.53 Å². The van der Waals surface area contributed by atoms with Crippen molar-refractivity contribution in [2.75, 3.05) is 11.9 Å². The maximum absolute atomic E-state index is 11.8. The minimum absolute atomic E-state index is 0.00972. The van der Waals surface area contributed by atoms with Gasteiger partial charge in [0.2, 0.25) is 0 Å². The van der Waals surface area contributed by atoms with Crippen molar-refractivity contribution in [3.63, 3.8) is 0 Å². The smallest absolute Gasteiger partial charge is 0.338 e. The molecule has 8 nitrogen and oxygen atoms in total. The Hall–Kier alpha value is -2.71. The zero-order valence-electron chi connectivity index (χ0n) is 11.9. The summed E-state index contributed by atoms with van der Waals surface area (Å²) in [6, 6.07) is 7.84. The van der Waals surface area contributed by atoms with E-state index in [-0.39, 0.29) is 27.2 Å². The molecule has 0 bridgehead atoms. The zero-order chi connectivity index (χ0) is 17.7. The summed E-state index contributed by atoms with van der Waals surface area (Å²) in [4.78, 5) is 37.3. The normalized spacial score (nSPS) is 10.1. The lowest BCUT2D eigenvalue weighted by Crippen LogP contribution is -2.21. The van der Waals surface area contributed by atoms with Crippen LogP contribution >= 0.6 is 23.2 Å². The first-order valence-corrected chi connectivity index (χ1v) is 7.15. The number of ether oxygens (including phenoxy) is 1. The maximum Gasteiger partial charge on any atom is 0.338 e. The number of nitro groups is 1. The SMILES string of the molecule is O=C(COC(=O)c1cc(Cl)nc(Cl)c1)Nc1cccc([N+](=O)[O-])c1. The van der Waals surface area contributed by atoms with E-state index in [1.54, 1.807) is 0 Å². The molecule has 124 valence electrons. The van der Waals surface area contributed by atoms with Crippen molar-refractivity contribution in [2.45, 2.75) is 0 Å². The molecule has 10 heteroatoms. The Morgan fingerprint density at radius 1 is 1.21 bits per heavy atom. The number of pyridine rings is 1. The van der Waals surface area contributed by atoms with Crippen LogP contribution < -0.4 is 5.32 Å². The number of carbonyl (C=O) groups excluding carboxylic acids is 2. The van der Waals surface area contributed by atoms with Gasteiger partial charge in [-0.15, -0.1) is 0 Å². The van der Waals surface area contributed by atoms with Crippen LogP contribution in [0.3, 0.4) is 0 Å². The minimum Gasteiger partial charge on any atom is -0.452 e. The number of rotatable bonds is 5. The van der Waals surface area contributed by atoms with Crippen molar-refractivity contribution in [2.24, 2.45) is 0 Å². The molecule has 0 atom stereocenters. The highest BCUT2D eigenvalue weighted by Gasteiger charge is 2.13. The predicted octanol–water partition coefficient (Wildman–Crippen LogP) is 3.09. The minimum atomic E-state index is -0.810. The molecule has 24 heavy (non-hydrogen) atoms. The predicted molar refractivity (Wildman–Crippen MR) is 86.3 cm³/mol. The first-order chi connectivity index (χ1) is 11.3. The van der Waals surface area contributed by atoms with Crippen molar-refractivity contribution < 1.29 is 19.2 Å². The largest absolute Gasteiger partial charge is 0.452 e. The van der Waals surface area contributed by atoms with Crippen molar-refractivity contribution in [1.29, 1.82) is 0 Å². The number of benzene rings is 1. The Bertz CT molecular complexity index is 792. The summed E-state index contributed by atoms with van der Waals surface area (Å²) in [5.74, 6) is -1.47. The van der Waals surface area contributed by atoms with Crippen LogP contribution in [0, 0.1) is 10.1 Å². The Kier molecular flexibility index (Phi) is 5.67. The first-order valence-electron chi connectivity index (χ1n) is 6.39. The topological polar surface area (TPSA) is 111 Å². The summed E-state index contributed by atoms with van der Waals surface area (Å²) in [5.41, 5.74) is 0.0780. The van der Waals surface area contributed by atoms with Crippen LogP contribution in [0.1, 0.15) is 10.4 Å². The third-order valence-electron chi connectivity index (χ3n) is 2.67. The van der Waals surface area contributed by atoms with Crippen molar-refractivity contribution in [1.82, 2.24) is 4.98 Å². The highest BCUT2D eigenvalue weighted by Crippen LogP contribution is 2.17. The summed E-state index contributed by atoms with van der Waals surface area (Å²) in [5, 5.41) is 13.1. The van der Waals surface area contributed by atoms with Gasteiger partial charge in [-0.25, -0.2) is 9.78 Å². The van der Waals surface area contributed by atoms with Gasteiger partial charge in [0.25, 0.3) is 11.6 Å². The molecule has 0 aliphatic rings. The Morgan fingerprint density at radius 3 is 2.50 bits per heavy atom. The Balaban J connectivity index is 1.94. The molecule has 1 heterocycles. The number of esters is 1. The average molecular weight is 370 g/mol. The molecular weight excluding hydrogens is 361 g/mol. The van der Waals surface area contributed by atoms with E-state index >= 15 is 0 Å². The molecule has 2 rings (SSSR count). The quantitative estimate of drug-likeness (QED) is 0.375. The summed E-state index contributed by atoms with van der Waals surface area (Å²) < 4.78 is 4.82. The van der Waals surface area contributed by atoms with Gasteiger partial charge in [-0.05, 0) is 18.2 Å². The molecule has 1 N–H and O–H groups in total. The number of aromatic nitrogens is 1. The van der Waals surface area contributed by atoms with Crippen LogP contribution in [0.2, 0.25) is 10.3 Å². The molecule has 0 saturated carbocycles. The first kappa shape index (κ1) is 17.6. The number of amides is 1. The number of nitro benzene ring substituents is 1. The van der Waals surface area contributed by atoms with Gasteiger partial charge < -0.3 is 10.1 Å². The highest BCUT2D eigenvalue weighted by atomic mass is 35.5. The standard InChI is InChI=1S/C14H9Cl2N3O5/c15-11-4-8(5-12(16)18-11)14(21)24-7-13(20)17-9-2-1-3-10(6-9)19(22)23/h1-6H,7H2,(H,17,20). The maximum atomic E-state index is 11.8. The van der Waals surface area contributed by atoms with E-state index in [1.165, 1.54) is 36.4 Å². The number of halogens is 2. The number of nitrogens with zero attached hydrogens (tertiary/aromatic N) is 2. The van der Waals surface area contributed by atoms with Crippen LogP contribution in [0.25, 0.3) is 0 Å². The van der Waals surface area contributed by atoms with E-state index in [0.717, 1.165) is 0 Å². The van der Waals surface area contributed by atoms with Gasteiger partial charge in [0.1, 0.15) is 10.3 Å². The summed E-state index contributed by atoms with van der Waals surface area (Å²) >= 11 is 11.3. The van der Waals surface area contributed by atoms with Gasteiger partial charge in [-0.1, -0.05) is 29.3 Å². The number of non-ortho nitro benzene ring substituents is 1. The van der Waals surface area contributed by atoms with Gasteiger partial charge >= 0.3 is 5.97 Å². The van der Waals surface area contributed by atoms with E-state index in [0.29, 0.717) is 0 Å². The van der Waals surface area contributed by atoms with E-state index in [4.69, 9.17) is 27.9 Å². The fourth-order valence-electron chi connectivity index (χ4n) is 1.69. The monoisotopic (exact) mass is 369 g/mol. The van der Waals surface area contributed by atoms with Crippen molar-refractivity contribution >= 4 is 46.5 Å². The molecule has 0 spiro atoms. The van der Waals surface area contributed by atoms with Crippen LogP contribution in [0.4, 0.5) is 11.4 Å². The van der Waals surface area contributed by atoms with Gasteiger partial charge in [0.15, 0.2) is 6.61 Å². The highest BCUT2D eigenvalue weighted by molar-refractivity contribution is 6.32. The molecule has 0 saturated heterocycles. The second kappa shape index (κ2) is 7.71. The summed E-state index contributed by atoms with van der Waals surface area (Å²) in [6.07, 6.45) is 0. The number of carbonyl (C=O) groups is 2. The van der Waals surface area contributed by atoms with Crippen LogP contribution in [0.15, 0.2) is 36.4 Å². The fraction of sp³-hybridized carbons (Fsp3) is 0.0714. The lowest BCUT2D eigenvalue weighted by molar-refractivity contribution is -0.384. The number of hydrogen-bond donors (Lipinski definition) is 1. The second-order valence-electron chi connectivity index (χ2n) is 4.43. The van der Waals surface area contributed by atoms with E-state index < -0.39 is 23.4 Å². The molecule has 0 fully saturated rings. The molecule has 1 aromatic carbocycles. The summed E-state index contributed by atoms with van der Waals surface area (Å²) in [7, 11) is 0. The summed E-state index contributed by atoms with van der Waals surface area (Å²) in [6.45, 7) is -0.584. The third kappa shape index (κ3) is 4.90. The van der Waals surface area contributed by atoms with Crippen LogP contribution in [-0.4, -0.2) is 28.4 Å². The van der Waals surface area contributed by atoms with Crippen LogP contribution in [0.5, 0.6) is 0 Å². The second-order valence-corrected chi connectivity index (χ2v) is 5.21. The average Bonchev–Trinajstić information content (AvgIpc) is 2.52. The molecule has 0 unspecified atom stereocenters. The Morgan fingerprint density at radius 2 is 1.88 bits per heavy atom. The molecule has 0 aliphatic carbocycles. The fourth-order valence-corrected chi connectivity index (χ4v) is 2.15. The molecule has 1 aromatic heterocycles. The zero-order valence-corrected chi connectivity index (χ0v) is 13.4. The lowest BCUT2D eigenvalue weighted by Gasteiger charge is -2.07. The van der Waals surface area contributed by atoms with Gasteiger partial charge in [0, 0.05) is 17.8 Å². The van der Waals surface area contributed by atoms with Gasteiger partial charge in [-0.2, -0.15) is 0 Å². The lowest BCUT2D eigenvalue weighted by atomic mass is 10.3. The molecule has 0 aliphatic heterocycles. The van der Waals surface area contributed by atoms with E-state index in [2.05, 4.69) is 10.3 Å². The number of nitrogens with one attached hydrogen (secondary N) is 1. The van der Waals surface area contributed by atoms with Crippen molar-refractivity contribution in [3.8, 4) is 0 Å². The third-order valence-corrected chi connectivity index (χ3v) is 3.06. The molecule has 2 aromatic rings. The number of anilines is 1. The Labute approximate surface area is 145 Å². The van der Waals surface area contributed by atoms with E-state index in [9.17, 15) is 19.7 Å². The molecule has 1 amide bonds. The van der Waals surface area contributed by atoms with Gasteiger partial charge in [0.05, 0.1) is 10.5 Å². The number of hydrogen-bond acceptors (Lipinski definition) is 6. The van der Waals surface area contributed by atoms with Crippen molar-refractivity contribution in [3.05, 3.63) is 62.4 Å². The molecule has 0 radical (unpaired) electrons. The molecular formula is C14H9Cl2N3O5. The van der Waals surface area contributed by atoms with Gasteiger partial charge in [-0.3, -0.25) is 14.9 Å². The van der Waals surface area contributed by atoms with E-state index in [1.807, 2.05) is 0 Å².